The molecule has 0 bridgehead atoms. The predicted molar refractivity (Wildman–Crippen MR) is 109 cm³/mol. The van der Waals surface area contributed by atoms with Gasteiger partial charge in [0.1, 0.15) is 5.75 Å². The van der Waals surface area contributed by atoms with Crippen LogP contribution >= 0.6 is 0 Å². The van der Waals surface area contributed by atoms with Crippen molar-refractivity contribution in [3.8, 4) is 5.75 Å². The summed E-state index contributed by atoms with van der Waals surface area (Å²) in [6.07, 6.45) is 7.09. The third-order valence-electron chi connectivity index (χ3n) is 5.46. The lowest BCUT2D eigenvalue weighted by Crippen LogP contribution is -2.39. The van der Waals surface area contributed by atoms with Crippen molar-refractivity contribution < 1.29 is 19.1 Å². The lowest BCUT2D eigenvalue weighted by atomic mass is 10.0. The van der Waals surface area contributed by atoms with Crippen LogP contribution in [0.2, 0.25) is 0 Å². The van der Waals surface area contributed by atoms with Gasteiger partial charge in [0.15, 0.2) is 0 Å². The largest absolute Gasteiger partial charge is 0.494 e. The van der Waals surface area contributed by atoms with Gasteiger partial charge in [-0.1, -0.05) is 0 Å². The minimum atomic E-state index is 0.0713. The van der Waals surface area contributed by atoms with Crippen LogP contribution in [0.3, 0.4) is 0 Å². The number of likely N-dealkylation sites (N-methyl/N-ethyl adjacent to an activating group) is 1. The zero-order valence-electron chi connectivity index (χ0n) is 16.9. The topological polar surface area (TPSA) is 67.9 Å². The summed E-state index contributed by atoms with van der Waals surface area (Å²) in [4.78, 5) is 25.8. The molecule has 6 heteroatoms. The number of rotatable bonds is 9. The SMILES string of the molecule is CCN(CC1CCCCO1)C(=O)CCCCOc1ccc2c(c1)CCC(=O)N2. The standard InChI is InChI=1S/C22H32N2O4/c1-2-24(16-19-7-3-5-14-28-19)22(26)8-4-6-13-27-18-10-11-20-17(15-18)9-12-21(25)23-20/h10-11,15,19H,2-9,12-14,16H2,1H3,(H,23,25). The van der Waals surface area contributed by atoms with Crippen molar-refractivity contribution in [2.24, 2.45) is 0 Å². The molecule has 0 spiro atoms. The van der Waals surface area contributed by atoms with Crippen LogP contribution in [0.15, 0.2) is 18.2 Å². The molecule has 0 saturated carbocycles. The Hall–Kier alpha value is -2.08. The molecule has 6 nitrogen and oxygen atoms in total. The number of nitrogens with one attached hydrogen (secondary N) is 1. The van der Waals surface area contributed by atoms with Crippen molar-refractivity contribution in [1.29, 1.82) is 0 Å². The molecule has 2 aliphatic rings. The summed E-state index contributed by atoms with van der Waals surface area (Å²) in [6.45, 7) is 4.90. The molecule has 2 amide bonds. The number of benzene rings is 1. The molecule has 1 fully saturated rings. The van der Waals surface area contributed by atoms with Gasteiger partial charge in [-0.25, -0.2) is 0 Å². The molecular formula is C22H32N2O4. The molecule has 1 N–H and O–H groups in total. The summed E-state index contributed by atoms with van der Waals surface area (Å²) in [7, 11) is 0. The lowest BCUT2D eigenvalue weighted by molar-refractivity contribution is -0.133. The number of carbonyl (C=O) groups is 2. The fourth-order valence-corrected chi connectivity index (χ4v) is 3.78. The minimum absolute atomic E-state index is 0.0713. The van der Waals surface area contributed by atoms with Crippen molar-refractivity contribution in [1.82, 2.24) is 4.90 Å². The molecule has 2 heterocycles. The number of amides is 2. The maximum atomic E-state index is 12.5. The van der Waals surface area contributed by atoms with Crippen molar-refractivity contribution in [3.63, 3.8) is 0 Å². The van der Waals surface area contributed by atoms with E-state index in [4.69, 9.17) is 9.47 Å². The van der Waals surface area contributed by atoms with Gasteiger partial charge in [0.05, 0.1) is 12.7 Å². The average molecular weight is 389 g/mol. The number of fused-ring (bicyclic) bond motifs is 1. The Morgan fingerprint density at radius 3 is 2.96 bits per heavy atom. The van der Waals surface area contributed by atoms with Crippen LogP contribution in [-0.2, 0) is 20.7 Å². The van der Waals surface area contributed by atoms with Gasteiger partial charge >= 0.3 is 0 Å². The van der Waals surface area contributed by atoms with Gasteiger partial charge in [0.2, 0.25) is 11.8 Å². The van der Waals surface area contributed by atoms with Gasteiger partial charge < -0.3 is 19.7 Å². The molecule has 0 aromatic heterocycles. The zero-order valence-corrected chi connectivity index (χ0v) is 16.9. The van der Waals surface area contributed by atoms with Crippen molar-refractivity contribution >= 4 is 17.5 Å². The van der Waals surface area contributed by atoms with Gasteiger partial charge in [0, 0.05) is 38.2 Å². The first kappa shape index (κ1) is 20.6. The van der Waals surface area contributed by atoms with Crippen LogP contribution in [0.25, 0.3) is 0 Å². The smallest absolute Gasteiger partial charge is 0.224 e. The van der Waals surface area contributed by atoms with Gasteiger partial charge in [-0.05, 0) is 69.2 Å². The number of unbranched alkanes of at least 4 members (excludes halogenated alkanes) is 1. The Kier molecular flexibility index (Phi) is 7.71. The summed E-state index contributed by atoms with van der Waals surface area (Å²) in [6, 6.07) is 5.79. The monoisotopic (exact) mass is 388 g/mol. The van der Waals surface area contributed by atoms with E-state index < -0.39 is 0 Å². The molecule has 1 unspecified atom stereocenters. The zero-order chi connectivity index (χ0) is 19.8. The Balaban J connectivity index is 1.34. The predicted octanol–water partition coefficient (Wildman–Crippen LogP) is 3.54. The quantitative estimate of drug-likeness (QED) is 0.657. The Morgan fingerprint density at radius 1 is 1.29 bits per heavy atom. The van der Waals surface area contributed by atoms with Crippen molar-refractivity contribution in [3.05, 3.63) is 23.8 Å². The third kappa shape index (κ3) is 5.96. The van der Waals surface area contributed by atoms with E-state index >= 15 is 0 Å². The van der Waals surface area contributed by atoms with Crippen molar-refractivity contribution in [2.45, 2.75) is 64.4 Å². The molecule has 2 aliphatic heterocycles. The van der Waals surface area contributed by atoms with E-state index in [1.54, 1.807) is 0 Å². The second-order valence-electron chi connectivity index (χ2n) is 7.59. The molecule has 28 heavy (non-hydrogen) atoms. The number of hydrogen-bond acceptors (Lipinski definition) is 4. The van der Waals surface area contributed by atoms with Crippen LogP contribution in [0.5, 0.6) is 5.75 Å². The van der Waals surface area contributed by atoms with Gasteiger partial charge in [0.25, 0.3) is 0 Å². The summed E-state index contributed by atoms with van der Waals surface area (Å²) in [5.41, 5.74) is 2.01. The fourth-order valence-electron chi connectivity index (χ4n) is 3.78. The van der Waals surface area contributed by atoms with E-state index in [0.29, 0.717) is 19.4 Å². The molecule has 3 rings (SSSR count). The average Bonchev–Trinajstić information content (AvgIpc) is 2.72. The second-order valence-corrected chi connectivity index (χ2v) is 7.59. The Bertz CT molecular complexity index is 671. The molecule has 1 atom stereocenters. The molecule has 1 aromatic rings. The Labute approximate surface area is 167 Å². The highest BCUT2D eigenvalue weighted by Crippen LogP contribution is 2.27. The number of hydrogen-bond donors (Lipinski definition) is 1. The molecule has 1 saturated heterocycles. The van der Waals surface area contributed by atoms with Crippen LogP contribution in [0, 0.1) is 0 Å². The number of nitrogens with zero attached hydrogens (tertiary/aromatic N) is 1. The summed E-state index contributed by atoms with van der Waals surface area (Å²) >= 11 is 0. The molecular weight excluding hydrogens is 356 g/mol. The molecule has 0 radical (unpaired) electrons. The van der Waals surface area contributed by atoms with Crippen molar-refractivity contribution in [2.75, 3.05) is 31.6 Å². The first-order valence-electron chi connectivity index (χ1n) is 10.6. The summed E-state index contributed by atoms with van der Waals surface area (Å²) in [5, 5.41) is 2.88. The highest BCUT2D eigenvalue weighted by atomic mass is 16.5. The lowest BCUT2D eigenvalue weighted by Gasteiger charge is -2.29. The number of ether oxygens (including phenoxy) is 2. The van der Waals surface area contributed by atoms with E-state index in [-0.39, 0.29) is 17.9 Å². The van der Waals surface area contributed by atoms with E-state index in [9.17, 15) is 9.59 Å². The maximum absolute atomic E-state index is 12.5. The van der Waals surface area contributed by atoms with Crippen LogP contribution in [0.4, 0.5) is 5.69 Å². The normalized spacial score (nSPS) is 18.9. The van der Waals surface area contributed by atoms with E-state index in [0.717, 1.165) is 68.8 Å². The second kappa shape index (κ2) is 10.5. The Morgan fingerprint density at radius 2 is 2.18 bits per heavy atom. The van der Waals surface area contributed by atoms with E-state index in [1.165, 1.54) is 6.42 Å². The first-order valence-corrected chi connectivity index (χ1v) is 10.6. The minimum Gasteiger partial charge on any atom is -0.494 e. The van der Waals surface area contributed by atoms with Crippen LogP contribution in [0.1, 0.15) is 57.4 Å². The van der Waals surface area contributed by atoms with E-state index in [2.05, 4.69) is 5.32 Å². The molecule has 154 valence electrons. The third-order valence-corrected chi connectivity index (χ3v) is 5.46. The highest BCUT2D eigenvalue weighted by Gasteiger charge is 2.20. The maximum Gasteiger partial charge on any atom is 0.224 e. The summed E-state index contributed by atoms with van der Waals surface area (Å²) in [5.74, 6) is 1.11. The summed E-state index contributed by atoms with van der Waals surface area (Å²) < 4.78 is 11.6. The number of carbonyl (C=O) groups excluding carboxylic acids is 2. The first-order chi connectivity index (χ1) is 13.7. The van der Waals surface area contributed by atoms with Gasteiger partial charge in [-0.15, -0.1) is 0 Å². The number of anilines is 1. The van der Waals surface area contributed by atoms with Crippen LogP contribution in [-0.4, -0.2) is 49.1 Å². The van der Waals surface area contributed by atoms with E-state index in [1.807, 2.05) is 30.0 Å². The van der Waals surface area contributed by atoms with Gasteiger partial charge in [-0.2, -0.15) is 0 Å². The highest BCUT2D eigenvalue weighted by molar-refractivity contribution is 5.94. The molecule has 0 aliphatic carbocycles. The molecule has 1 aromatic carbocycles. The fraction of sp³-hybridized carbons (Fsp3) is 0.636. The van der Waals surface area contributed by atoms with Gasteiger partial charge in [-0.3, -0.25) is 9.59 Å². The van der Waals surface area contributed by atoms with Crippen LogP contribution < -0.4 is 10.1 Å². The number of aryl methyl sites for hydroxylation is 1.